The summed E-state index contributed by atoms with van der Waals surface area (Å²) in [6, 6.07) is 5.93. The van der Waals surface area contributed by atoms with Crippen LogP contribution in [-0.4, -0.2) is 11.8 Å². The van der Waals surface area contributed by atoms with E-state index in [0.29, 0.717) is 11.8 Å². The Bertz CT molecular complexity index is 704. The highest BCUT2D eigenvalue weighted by Gasteiger charge is 2.73. The van der Waals surface area contributed by atoms with Crippen LogP contribution in [0.5, 0.6) is 0 Å². The van der Waals surface area contributed by atoms with Crippen LogP contribution in [0, 0.1) is 42.9 Å². The number of carbonyl (C=O) groups is 2. The lowest BCUT2D eigenvalue weighted by Gasteiger charge is -2.24. The molecule has 2 saturated carbocycles. The summed E-state index contributed by atoms with van der Waals surface area (Å²) in [5.74, 6) is 0.459. The summed E-state index contributed by atoms with van der Waals surface area (Å²) in [6.07, 6.45) is 6.81. The number of hydrogen-bond donors (Lipinski definition) is 0. The van der Waals surface area contributed by atoms with Crippen LogP contribution in [-0.2, 0) is 9.59 Å². The Hall–Kier alpha value is -1.90. The molecule has 1 heterocycles. The number of imide groups is 1. The number of benzene rings is 1. The zero-order chi connectivity index (χ0) is 15.2. The number of rotatable bonds is 1. The van der Waals surface area contributed by atoms with Crippen molar-refractivity contribution in [3.8, 4) is 0 Å². The number of carbonyl (C=O) groups excluding carboxylic acids is 2. The number of para-hydroxylation sites is 1. The quantitative estimate of drug-likeness (QED) is 0.589. The minimum Gasteiger partial charge on any atom is -0.274 e. The molecule has 5 rings (SSSR count). The van der Waals surface area contributed by atoms with E-state index >= 15 is 0 Å². The normalized spacial score (nSPS) is 36.5. The molecule has 3 nitrogen and oxygen atoms in total. The molecule has 1 aromatic carbocycles. The van der Waals surface area contributed by atoms with E-state index in [0.717, 1.165) is 16.8 Å². The molecule has 2 amide bonds. The summed E-state index contributed by atoms with van der Waals surface area (Å²) in [5.41, 5.74) is 3.09. The van der Waals surface area contributed by atoms with Gasteiger partial charge in [0, 0.05) is 0 Å². The van der Waals surface area contributed by atoms with E-state index < -0.39 is 0 Å². The monoisotopic (exact) mass is 293 g/mol. The van der Waals surface area contributed by atoms with Gasteiger partial charge in [0.05, 0.1) is 17.5 Å². The van der Waals surface area contributed by atoms with Gasteiger partial charge in [0.25, 0.3) is 0 Å². The SMILES string of the molecule is Cc1cccc(C)c1N1C(=O)[C@@H]2[C@H](C1=O)[C@@H]1C=C[C@H]2C12CC2. The fourth-order valence-electron chi connectivity index (χ4n) is 5.46. The summed E-state index contributed by atoms with van der Waals surface area (Å²) in [5, 5.41) is 0. The Morgan fingerprint density at radius 2 is 1.45 bits per heavy atom. The second-order valence-corrected chi connectivity index (χ2v) is 7.47. The van der Waals surface area contributed by atoms with Gasteiger partial charge in [-0.1, -0.05) is 30.4 Å². The Morgan fingerprint density at radius 3 is 1.91 bits per heavy atom. The highest BCUT2D eigenvalue weighted by Crippen LogP contribution is 2.73. The van der Waals surface area contributed by atoms with Crippen molar-refractivity contribution >= 4 is 17.5 Å². The molecule has 1 aliphatic heterocycles. The molecule has 3 fully saturated rings. The van der Waals surface area contributed by atoms with Crippen LogP contribution in [0.25, 0.3) is 0 Å². The van der Waals surface area contributed by atoms with Crippen molar-refractivity contribution in [2.24, 2.45) is 29.1 Å². The Labute approximate surface area is 130 Å². The van der Waals surface area contributed by atoms with Crippen molar-refractivity contribution < 1.29 is 9.59 Å². The predicted octanol–water partition coefficient (Wildman–Crippen LogP) is 3.01. The van der Waals surface area contributed by atoms with Gasteiger partial charge < -0.3 is 0 Å². The second kappa shape index (κ2) is 3.70. The smallest absolute Gasteiger partial charge is 0.238 e. The van der Waals surface area contributed by atoms with Gasteiger partial charge in [-0.2, -0.15) is 0 Å². The van der Waals surface area contributed by atoms with E-state index in [1.807, 2.05) is 32.0 Å². The third kappa shape index (κ3) is 1.21. The number of hydrogen-bond acceptors (Lipinski definition) is 2. The average molecular weight is 293 g/mol. The minimum absolute atomic E-state index is 0.0375. The van der Waals surface area contributed by atoms with Gasteiger partial charge in [-0.15, -0.1) is 0 Å². The topological polar surface area (TPSA) is 37.4 Å². The molecular formula is C19H19NO2. The van der Waals surface area contributed by atoms with Crippen LogP contribution >= 0.6 is 0 Å². The lowest BCUT2D eigenvalue weighted by Crippen LogP contribution is -2.35. The van der Waals surface area contributed by atoms with E-state index in [-0.39, 0.29) is 29.1 Å². The number of aryl methyl sites for hydroxylation is 2. The fourth-order valence-corrected chi connectivity index (χ4v) is 5.46. The van der Waals surface area contributed by atoms with E-state index in [2.05, 4.69) is 12.2 Å². The molecule has 0 unspecified atom stereocenters. The Balaban J connectivity index is 1.62. The summed E-state index contributed by atoms with van der Waals surface area (Å²) in [7, 11) is 0. The van der Waals surface area contributed by atoms with Gasteiger partial charge in [0.1, 0.15) is 0 Å². The van der Waals surface area contributed by atoms with Gasteiger partial charge in [-0.05, 0) is 55.1 Å². The molecule has 4 aliphatic rings. The molecule has 1 saturated heterocycles. The van der Waals surface area contributed by atoms with Crippen LogP contribution in [0.3, 0.4) is 0 Å². The first kappa shape index (κ1) is 12.6. The van der Waals surface area contributed by atoms with Gasteiger partial charge in [-0.3, -0.25) is 9.59 Å². The molecule has 0 N–H and O–H groups in total. The Morgan fingerprint density at radius 1 is 0.955 bits per heavy atom. The maximum absolute atomic E-state index is 13.1. The minimum atomic E-state index is -0.107. The third-order valence-corrected chi connectivity index (χ3v) is 6.52. The first-order valence-corrected chi connectivity index (χ1v) is 8.18. The Kier molecular flexibility index (Phi) is 2.13. The second-order valence-electron chi connectivity index (χ2n) is 7.47. The molecule has 1 spiro atoms. The van der Waals surface area contributed by atoms with Crippen LogP contribution in [0.15, 0.2) is 30.4 Å². The maximum atomic E-state index is 13.1. The first-order chi connectivity index (χ1) is 10.6. The summed E-state index contributed by atoms with van der Waals surface area (Å²) < 4.78 is 0. The van der Waals surface area contributed by atoms with Crippen molar-refractivity contribution in [2.45, 2.75) is 26.7 Å². The maximum Gasteiger partial charge on any atom is 0.238 e. The largest absolute Gasteiger partial charge is 0.274 e. The third-order valence-electron chi connectivity index (χ3n) is 6.52. The van der Waals surface area contributed by atoms with Crippen LogP contribution in [0.1, 0.15) is 24.0 Å². The molecule has 112 valence electrons. The van der Waals surface area contributed by atoms with Gasteiger partial charge in [-0.25, -0.2) is 4.90 Å². The van der Waals surface area contributed by atoms with E-state index in [4.69, 9.17) is 0 Å². The zero-order valence-electron chi connectivity index (χ0n) is 12.9. The van der Waals surface area contributed by atoms with Gasteiger partial charge >= 0.3 is 0 Å². The van der Waals surface area contributed by atoms with Crippen LogP contribution in [0.4, 0.5) is 5.69 Å². The molecular weight excluding hydrogens is 274 g/mol. The van der Waals surface area contributed by atoms with E-state index in [1.165, 1.54) is 17.7 Å². The first-order valence-electron chi connectivity index (χ1n) is 8.18. The predicted molar refractivity (Wildman–Crippen MR) is 83.2 cm³/mol. The number of fused-ring (bicyclic) bond motifs is 3. The standard InChI is InChI=1S/C19H19NO2/c1-10-4-3-5-11(2)16(10)20-17(21)14-12-6-7-13(15(14)18(20)22)19(12)8-9-19/h3-7,12-15H,8-9H2,1-2H3/t12-,13+,14+,15-. The van der Waals surface area contributed by atoms with E-state index in [1.54, 1.807) is 0 Å². The van der Waals surface area contributed by atoms with Crippen LogP contribution < -0.4 is 4.90 Å². The molecule has 3 heteroatoms. The van der Waals surface area contributed by atoms with E-state index in [9.17, 15) is 9.59 Å². The van der Waals surface area contributed by atoms with Crippen molar-refractivity contribution in [3.63, 3.8) is 0 Å². The molecule has 2 bridgehead atoms. The molecule has 0 aromatic heterocycles. The van der Waals surface area contributed by atoms with Gasteiger partial charge in [0.15, 0.2) is 0 Å². The van der Waals surface area contributed by atoms with Crippen LogP contribution in [0.2, 0.25) is 0 Å². The molecule has 4 atom stereocenters. The number of allylic oxidation sites excluding steroid dienone is 2. The molecule has 3 aliphatic carbocycles. The summed E-state index contributed by atoms with van der Waals surface area (Å²) in [4.78, 5) is 27.7. The molecule has 1 aromatic rings. The van der Waals surface area contributed by atoms with Crippen molar-refractivity contribution in [3.05, 3.63) is 41.5 Å². The number of amides is 2. The molecule has 0 radical (unpaired) electrons. The highest BCUT2D eigenvalue weighted by molar-refractivity contribution is 6.23. The number of anilines is 1. The fraction of sp³-hybridized carbons (Fsp3) is 0.474. The van der Waals surface area contributed by atoms with Crippen molar-refractivity contribution in [2.75, 3.05) is 4.90 Å². The average Bonchev–Trinajstić information content (AvgIpc) is 3.08. The summed E-state index contributed by atoms with van der Waals surface area (Å²) >= 11 is 0. The molecule has 22 heavy (non-hydrogen) atoms. The lowest BCUT2D eigenvalue weighted by atomic mass is 9.85. The lowest BCUT2D eigenvalue weighted by molar-refractivity contribution is -0.123. The number of nitrogens with zero attached hydrogens (tertiary/aromatic N) is 1. The van der Waals surface area contributed by atoms with Crippen molar-refractivity contribution in [1.29, 1.82) is 0 Å². The zero-order valence-corrected chi connectivity index (χ0v) is 12.9. The van der Waals surface area contributed by atoms with Crippen molar-refractivity contribution in [1.82, 2.24) is 0 Å². The highest BCUT2D eigenvalue weighted by atomic mass is 16.2. The van der Waals surface area contributed by atoms with Gasteiger partial charge in [0.2, 0.25) is 11.8 Å². The summed E-state index contributed by atoms with van der Waals surface area (Å²) in [6.45, 7) is 3.96.